The quantitative estimate of drug-likeness (QED) is 0.869. The number of nitrogens with zero attached hydrogens (tertiary/aromatic N) is 1. The third-order valence-corrected chi connectivity index (χ3v) is 2.70. The van der Waals surface area contributed by atoms with Gasteiger partial charge in [-0.1, -0.05) is 18.2 Å². The second-order valence-electron chi connectivity index (χ2n) is 4.13. The third kappa shape index (κ3) is 2.73. The Morgan fingerprint density at radius 2 is 1.85 bits per heavy atom. The van der Waals surface area contributed by atoms with Crippen molar-refractivity contribution in [3.8, 4) is 0 Å². The molecule has 0 aliphatic carbocycles. The van der Waals surface area contributed by atoms with E-state index in [1.54, 1.807) is 0 Å². The number of benzene rings is 1. The van der Waals surface area contributed by atoms with E-state index in [0.29, 0.717) is 0 Å². The van der Waals surface area contributed by atoms with E-state index in [1.165, 1.54) is 18.2 Å². The van der Waals surface area contributed by atoms with Crippen LogP contribution in [-0.4, -0.2) is 9.55 Å². The largest absolute Gasteiger partial charge is 0.416 e. The third-order valence-electron chi connectivity index (χ3n) is 2.70. The molecule has 0 unspecified atom stereocenters. The van der Waals surface area contributed by atoms with Crippen LogP contribution in [0.25, 0.3) is 0 Å². The van der Waals surface area contributed by atoms with Gasteiger partial charge < -0.3 is 5.73 Å². The van der Waals surface area contributed by atoms with Crippen molar-refractivity contribution in [2.75, 3.05) is 5.73 Å². The molecule has 1 heterocycles. The molecule has 2 rings (SSSR count). The minimum atomic E-state index is -4.52. The van der Waals surface area contributed by atoms with Gasteiger partial charge in [-0.3, -0.25) is 14.3 Å². The number of alkyl halides is 3. The van der Waals surface area contributed by atoms with Gasteiger partial charge in [-0.05, 0) is 11.6 Å². The second-order valence-corrected chi connectivity index (χ2v) is 4.13. The van der Waals surface area contributed by atoms with E-state index in [1.807, 2.05) is 4.98 Å². The van der Waals surface area contributed by atoms with E-state index in [0.717, 1.165) is 16.8 Å². The molecular weight excluding hydrogens is 275 g/mol. The van der Waals surface area contributed by atoms with Gasteiger partial charge in [-0.15, -0.1) is 0 Å². The van der Waals surface area contributed by atoms with E-state index >= 15 is 0 Å². The molecule has 3 N–H and O–H groups in total. The number of hydrogen-bond donors (Lipinski definition) is 2. The number of aromatic amines is 1. The molecule has 106 valence electrons. The van der Waals surface area contributed by atoms with E-state index < -0.39 is 23.0 Å². The van der Waals surface area contributed by atoms with Crippen LogP contribution in [0.4, 0.5) is 18.9 Å². The number of H-pyrrole nitrogens is 1. The number of rotatable bonds is 2. The van der Waals surface area contributed by atoms with E-state index in [2.05, 4.69) is 0 Å². The van der Waals surface area contributed by atoms with Gasteiger partial charge in [0.25, 0.3) is 5.56 Å². The molecule has 1 aromatic heterocycles. The van der Waals surface area contributed by atoms with Gasteiger partial charge in [0.1, 0.15) is 5.69 Å². The summed E-state index contributed by atoms with van der Waals surface area (Å²) in [5, 5.41) is 0. The molecule has 2 aromatic rings. The molecule has 0 aliphatic rings. The zero-order valence-corrected chi connectivity index (χ0v) is 10.1. The summed E-state index contributed by atoms with van der Waals surface area (Å²) in [5.74, 6) is 0. The minimum Gasteiger partial charge on any atom is -0.393 e. The molecule has 1 aromatic carbocycles. The molecule has 8 heteroatoms. The molecular formula is C12H10F3N3O2. The smallest absolute Gasteiger partial charge is 0.393 e. The highest BCUT2D eigenvalue weighted by atomic mass is 19.4. The van der Waals surface area contributed by atoms with Crippen LogP contribution in [0.15, 0.2) is 40.1 Å². The Bertz CT molecular complexity index is 747. The summed E-state index contributed by atoms with van der Waals surface area (Å²) in [5.41, 5.74) is 2.59. The minimum absolute atomic E-state index is 0.0893. The number of nitrogens with one attached hydrogen (secondary N) is 1. The summed E-state index contributed by atoms with van der Waals surface area (Å²) in [6.45, 7) is -0.338. The SMILES string of the molecule is Nc1cn(Cc2ccccc2C(F)(F)F)c(=O)[nH]c1=O. The number of anilines is 1. The predicted molar refractivity (Wildman–Crippen MR) is 66.3 cm³/mol. The highest BCUT2D eigenvalue weighted by molar-refractivity contribution is 5.33. The summed E-state index contributed by atoms with van der Waals surface area (Å²) in [7, 11) is 0. The van der Waals surface area contributed by atoms with Crippen molar-refractivity contribution >= 4 is 5.69 Å². The fraction of sp³-hybridized carbons (Fsp3) is 0.167. The lowest BCUT2D eigenvalue weighted by molar-refractivity contribution is -0.138. The van der Waals surface area contributed by atoms with Crippen LogP contribution in [0.5, 0.6) is 0 Å². The van der Waals surface area contributed by atoms with Crippen LogP contribution in [0.3, 0.4) is 0 Å². The first-order valence-corrected chi connectivity index (χ1v) is 5.53. The zero-order valence-electron chi connectivity index (χ0n) is 10.1. The normalized spacial score (nSPS) is 11.6. The standard InChI is InChI=1S/C12H10F3N3O2/c13-12(14,15)8-4-2-1-3-7(8)5-18-6-9(16)10(19)17-11(18)20/h1-4,6H,5,16H2,(H,17,19,20). The predicted octanol–water partition coefficient (Wildman–Crippen LogP) is 1.19. The van der Waals surface area contributed by atoms with Crippen molar-refractivity contribution in [1.29, 1.82) is 0 Å². The maximum absolute atomic E-state index is 12.8. The topological polar surface area (TPSA) is 80.9 Å². The van der Waals surface area contributed by atoms with Crippen LogP contribution in [0.2, 0.25) is 0 Å². The fourth-order valence-electron chi connectivity index (χ4n) is 1.76. The highest BCUT2D eigenvalue weighted by Crippen LogP contribution is 2.31. The molecule has 5 nitrogen and oxygen atoms in total. The average molecular weight is 285 g/mol. The molecule has 0 atom stereocenters. The summed E-state index contributed by atoms with van der Waals surface area (Å²) in [4.78, 5) is 24.6. The summed E-state index contributed by atoms with van der Waals surface area (Å²) in [6.07, 6.45) is -3.50. The van der Waals surface area contributed by atoms with Crippen molar-refractivity contribution < 1.29 is 13.2 Å². The highest BCUT2D eigenvalue weighted by Gasteiger charge is 2.32. The lowest BCUT2D eigenvalue weighted by Gasteiger charge is -2.13. The Hall–Kier alpha value is -2.51. The van der Waals surface area contributed by atoms with Gasteiger partial charge in [0.15, 0.2) is 0 Å². The molecule has 0 fully saturated rings. The van der Waals surface area contributed by atoms with Gasteiger partial charge in [0.2, 0.25) is 0 Å². The number of nitrogens with two attached hydrogens (primary N) is 1. The maximum atomic E-state index is 12.8. The van der Waals surface area contributed by atoms with Crippen LogP contribution >= 0.6 is 0 Å². The van der Waals surface area contributed by atoms with E-state index in [4.69, 9.17) is 5.73 Å². The lowest BCUT2D eigenvalue weighted by atomic mass is 10.1. The first-order chi connectivity index (χ1) is 9.29. The molecule has 0 spiro atoms. The number of halogens is 3. The molecule has 0 saturated heterocycles. The van der Waals surface area contributed by atoms with Crippen LogP contribution in [0.1, 0.15) is 11.1 Å². The summed E-state index contributed by atoms with van der Waals surface area (Å²) >= 11 is 0. The fourth-order valence-corrected chi connectivity index (χ4v) is 1.76. The number of nitrogen functional groups attached to an aromatic ring is 1. The van der Waals surface area contributed by atoms with Crippen molar-refractivity contribution in [3.05, 3.63) is 62.4 Å². The first-order valence-electron chi connectivity index (χ1n) is 5.53. The maximum Gasteiger partial charge on any atom is 0.416 e. The zero-order chi connectivity index (χ0) is 14.9. The number of hydrogen-bond acceptors (Lipinski definition) is 3. The van der Waals surface area contributed by atoms with E-state index in [9.17, 15) is 22.8 Å². The average Bonchev–Trinajstić information content (AvgIpc) is 2.35. The Kier molecular flexibility index (Phi) is 3.39. The first kappa shape index (κ1) is 13.9. The van der Waals surface area contributed by atoms with Crippen molar-refractivity contribution in [3.63, 3.8) is 0 Å². The van der Waals surface area contributed by atoms with Gasteiger partial charge in [-0.25, -0.2) is 4.79 Å². The van der Waals surface area contributed by atoms with Crippen LogP contribution in [-0.2, 0) is 12.7 Å². The molecule has 0 bridgehead atoms. The summed E-state index contributed by atoms with van der Waals surface area (Å²) in [6, 6.07) is 4.88. The van der Waals surface area contributed by atoms with Gasteiger partial charge >= 0.3 is 11.9 Å². The molecule has 20 heavy (non-hydrogen) atoms. The Morgan fingerprint density at radius 3 is 2.50 bits per heavy atom. The van der Waals surface area contributed by atoms with Gasteiger partial charge in [-0.2, -0.15) is 13.2 Å². The molecule has 0 saturated carbocycles. The monoisotopic (exact) mass is 285 g/mol. The van der Waals surface area contributed by atoms with Crippen LogP contribution in [0, 0.1) is 0 Å². The van der Waals surface area contributed by atoms with Gasteiger partial charge in [0, 0.05) is 6.20 Å². The second kappa shape index (κ2) is 4.87. The van der Waals surface area contributed by atoms with Crippen LogP contribution < -0.4 is 17.0 Å². The van der Waals surface area contributed by atoms with Gasteiger partial charge in [0.05, 0.1) is 12.1 Å². The number of aromatic nitrogens is 2. The Balaban J connectivity index is 2.49. The molecule has 0 amide bonds. The van der Waals surface area contributed by atoms with Crippen molar-refractivity contribution in [2.24, 2.45) is 0 Å². The molecule has 0 aliphatic heterocycles. The summed E-state index contributed by atoms with van der Waals surface area (Å²) < 4.78 is 39.4. The van der Waals surface area contributed by atoms with Crippen molar-refractivity contribution in [1.82, 2.24) is 9.55 Å². The molecule has 0 radical (unpaired) electrons. The van der Waals surface area contributed by atoms with Crippen molar-refractivity contribution in [2.45, 2.75) is 12.7 Å². The lowest BCUT2D eigenvalue weighted by Crippen LogP contribution is -2.31. The Labute approximate surface area is 110 Å². The Morgan fingerprint density at radius 1 is 1.20 bits per heavy atom. The van der Waals surface area contributed by atoms with E-state index in [-0.39, 0.29) is 17.8 Å².